The molecular weight excluding hydrogens is 326 g/mol. The average molecular weight is 347 g/mol. The van der Waals surface area contributed by atoms with Crippen LogP contribution in [0.2, 0.25) is 0 Å². The van der Waals surface area contributed by atoms with Crippen molar-refractivity contribution < 1.29 is 28.6 Å². The van der Waals surface area contributed by atoms with Crippen LogP contribution in [0.25, 0.3) is 0 Å². The minimum atomic E-state index is -1.14. The minimum Gasteiger partial charge on any atom is -0.478 e. The van der Waals surface area contributed by atoms with Crippen molar-refractivity contribution >= 4 is 11.9 Å². The van der Waals surface area contributed by atoms with E-state index in [4.69, 9.17) is 19.0 Å². The van der Waals surface area contributed by atoms with Crippen LogP contribution in [0.5, 0.6) is 0 Å². The molecule has 0 aliphatic rings. The van der Waals surface area contributed by atoms with E-state index in [-0.39, 0.29) is 11.3 Å². The Labute approximate surface area is 145 Å². The molecule has 2 aromatic rings. The molecule has 0 unspecified atom stereocenters. The van der Waals surface area contributed by atoms with Crippen LogP contribution in [0.1, 0.15) is 39.0 Å². The average Bonchev–Trinajstić information content (AvgIpc) is 3.10. The summed E-state index contributed by atoms with van der Waals surface area (Å²) in [5.41, 5.74) is 1.84. The molecule has 7 heteroatoms. The highest BCUT2D eigenvalue weighted by Gasteiger charge is 2.14. The van der Waals surface area contributed by atoms with Gasteiger partial charge in [-0.2, -0.15) is 0 Å². The summed E-state index contributed by atoms with van der Waals surface area (Å²) in [6, 6.07) is 8.84. The van der Waals surface area contributed by atoms with E-state index < -0.39 is 11.9 Å². The van der Waals surface area contributed by atoms with E-state index in [0.717, 1.165) is 17.4 Å². The van der Waals surface area contributed by atoms with Crippen molar-refractivity contribution in [2.24, 2.45) is 0 Å². The summed E-state index contributed by atoms with van der Waals surface area (Å²) in [6.07, 6.45) is 1.04. The summed E-state index contributed by atoms with van der Waals surface area (Å²) in [5.74, 6) is -1.64. The number of carbonyl (C=O) groups is 2. The fourth-order valence-corrected chi connectivity index (χ4v) is 2.12. The first-order valence-corrected chi connectivity index (χ1v) is 7.93. The molecular formula is C18H21NO6. The molecule has 0 radical (unpaired) electrons. The number of aromatic carboxylic acids is 1. The van der Waals surface area contributed by atoms with Gasteiger partial charge in [-0.25, -0.2) is 4.79 Å². The second kappa shape index (κ2) is 9.61. The van der Waals surface area contributed by atoms with Gasteiger partial charge in [0.2, 0.25) is 0 Å². The van der Waals surface area contributed by atoms with E-state index in [9.17, 15) is 9.59 Å². The van der Waals surface area contributed by atoms with Gasteiger partial charge in [0.05, 0.1) is 25.4 Å². The highest BCUT2D eigenvalue weighted by molar-refractivity contribution is 5.95. The van der Waals surface area contributed by atoms with Crippen molar-refractivity contribution in [3.63, 3.8) is 0 Å². The normalized spacial score (nSPS) is 10.6. The van der Waals surface area contributed by atoms with Gasteiger partial charge in [0, 0.05) is 19.2 Å². The summed E-state index contributed by atoms with van der Waals surface area (Å²) < 4.78 is 15.7. The topological polar surface area (TPSA) is 98.0 Å². The van der Waals surface area contributed by atoms with Crippen molar-refractivity contribution in [1.29, 1.82) is 0 Å². The van der Waals surface area contributed by atoms with Gasteiger partial charge in [0.15, 0.2) is 5.76 Å². The van der Waals surface area contributed by atoms with Crippen LogP contribution in [0.4, 0.5) is 0 Å². The number of nitrogens with one attached hydrogen (secondary N) is 1. The van der Waals surface area contributed by atoms with Crippen molar-refractivity contribution in [3.8, 4) is 0 Å². The smallest absolute Gasteiger partial charge is 0.338 e. The maximum absolute atomic E-state index is 12.0. The Hall–Kier alpha value is -2.64. The minimum absolute atomic E-state index is 0.0344. The Morgan fingerprint density at radius 1 is 1.16 bits per heavy atom. The monoisotopic (exact) mass is 347 g/mol. The predicted octanol–water partition coefficient (Wildman–Crippen LogP) is 2.46. The number of hydrogen-bond acceptors (Lipinski definition) is 5. The van der Waals surface area contributed by atoms with Crippen LogP contribution < -0.4 is 5.32 Å². The summed E-state index contributed by atoms with van der Waals surface area (Å²) >= 11 is 0. The van der Waals surface area contributed by atoms with Gasteiger partial charge in [0.1, 0.15) is 6.26 Å². The largest absolute Gasteiger partial charge is 0.478 e. The molecule has 0 aliphatic heterocycles. The Kier molecular flexibility index (Phi) is 7.18. The Morgan fingerprint density at radius 3 is 2.64 bits per heavy atom. The zero-order chi connectivity index (χ0) is 18.1. The molecule has 0 saturated carbocycles. The lowest BCUT2D eigenvalue weighted by molar-refractivity contribution is 0.0453. The molecule has 1 amide bonds. The molecule has 2 rings (SSSR count). The summed E-state index contributed by atoms with van der Waals surface area (Å²) in [4.78, 5) is 22.8. The highest BCUT2D eigenvalue weighted by atomic mass is 16.5. The number of carboxylic acid groups (broad SMARTS) is 1. The lowest BCUT2D eigenvalue weighted by Crippen LogP contribution is -2.22. The summed E-state index contributed by atoms with van der Waals surface area (Å²) in [6.45, 7) is 4.46. The number of ether oxygens (including phenoxy) is 2. The highest BCUT2D eigenvalue weighted by Crippen LogP contribution is 2.10. The number of amides is 1. The zero-order valence-corrected chi connectivity index (χ0v) is 14.0. The lowest BCUT2D eigenvalue weighted by Gasteiger charge is -2.07. The van der Waals surface area contributed by atoms with E-state index in [0.29, 0.717) is 33.0 Å². The Bertz CT molecular complexity index is 709. The van der Waals surface area contributed by atoms with Crippen molar-refractivity contribution in [1.82, 2.24) is 5.32 Å². The summed E-state index contributed by atoms with van der Waals surface area (Å²) in [5, 5.41) is 11.5. The molecule has 1 aromatic heterocycles. The number of rotatable bonds is 10. The molecule has 0 saturated heterocycles. The first-order chi connectivity index (χ1) is 12.1. The van der Waals surface area contributed by atoms with Crippen molar-refractivity contribution in [2.75, 3.05) is 19.8 Å². The van der Waals surface area contributed by atoms with Crippen LogP contribution in [-0.2, 0) is 22.6 Å². The Morgan fingerprint density at radius 2 is 1.92 bits per heavy atom. The van der Waals surface area contributed by atoms with Gasteiger partial charge in [-0.1, -0.05) is 24.3 Å². The van der Waals surface area contributed by atoms with Gasteiger partial charge >= 0.3 is 5.97 Å². The third-order valence-corrected chi connectivity index (χ3v) is 3.36. The van der Waals surface area contributed by atoms with E-state index >= 15 is 0 Å². The fraction of sp³-hybridized carbons (Fsp3) is 0.333. The summed E-state index contributed by atoms with van der Waals surface area (Å²) in [7, 11) is 0. The molecule has 1 aromatic carbocycles. The number of carboxylic acids is 1. The molecule has 2 N–H and O–H groups in total. The van der Waals surface area contributed by atoms with E-state index in [2.05, 4.69) is 5.32 Å². The number of carbonyl (C=O) groups excluding carboxylic acids is 1. The SMILES string of the molecule is CCOCCOCc1cccc(CNC(=O)c2cc(C(=O)O)co2)c1. The quantitative estimate of drug-likeness (QED) is 0.641. The number of benzene rings is 1. The van der Waals surface area contributed by atoms with Crippen molar-refractivity contribution in [3.05, 3.63) is 59.0 Å². The zero-order valence-electron chi connectivity index (χ0n) is 14.0. The number of hydrogen-bond donors (Lipinski definition) is 2. The first-order valence-electron chi connectivity index (χ1n) is 7.93. The van der Waals surface area contributed by atoms with Crippen LogP contribution in [0, 0.1) is 0 Å². The van der Waals surface area contributed by atoms with Crippen LogP contribution in [0.3, 0.4) is 0 Å². The fourth-order valence-electron chi connectivity index (χ4n) is 2.12. The van der Waals surface area contributed by atoms with Crippen molar-refractivity contribution in [2.45, 2.75) is 20.1 Å². The van der Waals surface area contributed by atoms with E-state index in [1.165, 1.54) is 6.07 Å². The number of furan rings is 1. The van der Waals surface area contributed by atoms with Crippen LogP contribution in [0.15, 0.2) is 41.0 Å². The van der Waals surface area contributed by atoms with Gasteiger partial charge in [-0.15, -0.1) is 0 Å². The first kappa shape index (κ1) is 18.7. The molecule has 134 valence electrons. The second-order valence-electron chi connectivity index (χ2n) is 5.26. The van der Waals surface area contributed by atoms with E-state index in [1.807, 2.05) is 31.2 Å². The maximum Gasteiger partial charge on any atom is 0.338 e. The predicted molar refractivity (Wildman–Crippen MR) is 89.4 cm³/mol. The Balaban J connectivity index is 1.82. The van der Waals surface area contributed by atoms with Gasteiger partial charge in [-0.3, -0.25) is 4.79 Å². The molecule has 0 atom stereocenters. The second-order valence-corrected chi connectivity index (χ2v) is 5.26. The van der Waals surface area contributed by atoms with Gasteiger partial charge in [0.25, 0.3) is 5.91 Å². The molecule has 1 heterocycles. The van der Waals surface area contributed by atoms with Gasteiger partial charge in [-0.05, 0) is 18.1 Å². The van der Waals surface area contributed by atoms with Crippen LogP contribution in [-0.4, -0.2) is 36.8 Å². The molecule has 0 spiro atoms. The lowest BCUT2D eigenvalue weighted by atomic mass is 10.1. The molecule has 0 aliphatic carbocycles. The third kappa shape index (κ3) is 6.06. The molecule has 0 bridgehead atoms. The van der Waals surface area contributed by atoms with Crippen LogP contribution >= 0.6 is 0 Å². The molecule has 7 nitrogen and oxygen atoms in total. The van der Waals surface area contributed by atoms with E-state index in [1.54, 1.807) is 0 Å². The molecule has 0 fully saturated rings. The molecule has 25 heavy (non-hydrogen) atoms. The maximum atomic E-state index is 12.0. The third-order valence-electron chi connectivity index (χ3n) is 3.36. The standard InChI is InChI=1S/C18H21NO6/c1-2-23-6-7-24-11-14-5-3-4-13(8-14)10-19-17(20)16-9-15(12-25-16)18(21)22/h3-5,8-9,12H,2,6-7,10-11H2,1H3,(H,19,20)(H,21,22). The van der Waals surface area contributed by atoms with Gasteiger partial charge < -0.3 is 24.3 Å².